The molecule has 0 aliphatic heterocycles. The lowest BCUT2D eigenvalue weighted by molar-refractivity contribution is -0.147. The Morgan fingerprint density at radius 3 is 2.00 bits per heavy atom. The average Bonchev–Trinajstić information content (AvgIpc) is 2.27. The highest BCUT2D eigenvalue weighted by molar-refractivity contribution is 5.98. The third-order valence-corrected chi connectivity index (χ3v) is 3.23. The van der Waals surface area contributed by atoms with Gasteiger partial charge in [-0.2, -0.15) is 0 Å². The summed E-state index contributed by atoms with van der Waals surface area (Å²) in [4.78, 5) is 25.2. The summed E-state index contributed by atoms with van der Waals surface area (Å²) < 4.78 is 0. The lowest BCUT2D eigenvalue weighted by atomic mass is 10.00. The highest BCUT2D eigenvalue weighted by Gasteiger charge is 2.37. The Labute approximate surface area is 114 Å². The summed E-state index contributed by atoms with van der Waals surface area (Å²) in [5, 5.41) is 9.25. The molecule has 0 heterocycles. The summed E-state index contributed by atoms with van der Waals surface area (Å²) in [6.07, 6.45) is 0. The lowest BCUT2D eigenvalue weighted by Gasteiger charge is -2.34. The molecule has 0 bridgehead atoms. The molecule has 1 aromatic carbocycles. The van der Waals surface area contributed by atoms with Gasteiger partial charge in [-0.05, 0) is 46.8 Å². The van der Waals surface area contributed by atoms with Crippen LogP contribution in [-0.2, 0) is 4.79 Å². The van der Waals surface area contributed by atoms with Crippen molar-refractivity contribution in [3.05, 3.63) is 34.9 Å². The van der Waals surface area contributed by atoms with Crippen LogP contribution in [0.15, 0.2) is 18.2 Å². The first-order valence-electron chi connectivity index (χ1n) is 6.33. The number of rotatable bonds is 4. The van der Waals surface area contributed by atoms with Gasteiger partial charge in [0.2, 0.25) is 0 Å². The molecular formula is C15H21NO3. The zero-order valence-corrected chi connectivity index (χ0v) is 12.2. The molecule has 1 rings (SSSR count). The molecule has 104 valence electrons. The Kier molecular flexibility index (Phi) is 4.35. The number of aliphatic carboxylic acids is 1. The van der Waals surface area contributed by atoms with Crippen LogP contribution < -0.4 is 0 Å². The molecule has 1 aromatic rings. The Morgan fingerprint density at radius 1 is 1.16 bits per heavy atom. The number of nitrogens with zero attached hydrogens (tertiary/aromatic N) is 1. The number of benzene rings is 1. The molecule has 0 saturated heterocycles. The minimum Gasteiger partial charge on any atom is -0.480 e. The van der Waals surface area contributed by atoms with Gasteiger partial charge in [0.25, 0.3) is 5.91 Å². The lowest BCUT2D eigenvalue weighted by Crippen LogP contribution is -2.52. The molecular weight excluding hydrogens is 242 g/mol. The maximum Gasteiger partial charge on any atom is 0.329 e. The first kappa shape index (κ1) is 15.2. The minimum atomic E-state index is -1.22. The quantitative estimate of drug-likeness (QED) is 0.908. The number of carboxylic acids is 1. The van der Waals surface area contributed by atoms with Crippen molar-refractivity contribution in [2.24, 2.45) is 0 Å². The Bertz CT molecular complexity index is 486. The first-order valence-corrected chi connectivity index (χ1v) is 6.33. The van der Waals surface area contributed by atoms with Crippen LogP contribution >= 0.6 is 0 Å². The molecule has 0 fully saturated rings. The van der Waals surface area contributed by atoms with Crippen molar-refractivity contribution in [3.8, 4) is 0 Å². The van der Waals surface area contributed by atoms with Gasteiger partial charge in [-0.15, -0.1) is 0 Å². The van der Waals surface area contributed by atoms with E-state index in [4.69, 9.17) is 0 Å². The number of amides is 1. The Hall–Kier alpha value is -1.84. The van der Waals surface area contributed by atoms with Gasteiger partial charge in [0, 0.05) is 12.1 Å². The van der Waals surface area contributed by atoms with E-state index in [1.165, 1.54) is 4.90 Å². The van der Waals surface area contributed by atoms with Gasteiger partial charge >= 0.3 is 5.97 Å². The largest absolute Gasteiger partial charge is 0.480 e. The van der Waals surface area contributed by atoms with E-state index < -0.39 is 11.5 Å². The zero-order valence-electron chi connectivity index (χ0n) is 12.2. The monoisotopic (exact) mass is 263 g/mol. The first-order chi connectivity index (χ1) is 8.70. The highest BCUT2D eigenvalue weighted by Crippen LogP contribution is 2.19. The fraction of sp³-hybridized carbons (Fsp3) is 0.467. The normalized spacial score (nSPS) is 11.2. The van der Waals surface area contributed by atoms with Gasteiger partial charge in [-0.1, -0.05) is 17.2 Å². The summed E-state index contributed by atoms with van der Waals surface area (Å²) >= 11 is 0. The topological polar surface area (TPSA) is 57.6 Å². The molecule has 0 spiro atoms. The van der Waals surface area contributed by atoms with E-state index in [-0.39, 0.29) is 5.91 Å². The van der Waals surface area contributed by atoms with Crippen LogP contribution in [0.4, 0.5) is 0 Å². The predicted octanol–water partition coefficient (Wildman–Crippen LogP) is 2.63. The van der Waals surface area contributed by atoms with Crippen molar-refractivity contribution < 1.29 is 14.7 Å². The van der Waals surface area contributed by atoms with Crippen molar-refractivity contribution in [3.63, 3.8) is 0 Å². The predicted molar refractivity (Wildman–Crippen MR) is 74.3 cm³/mol. The maximum absolute atomic E-state index is 12.5. The number of aryl methyl sites for hydroxylation is 2. The van der Waals surface area contributed by atoms with E-state index in [1.807, 2.05) is 19.9 Å². The van der Waals surface area contributed by atoms with Gasteiger partial charge in [-0.3, -0.25) is 4.79 Å². The van der Waals surface area contributed by atoms with Gasteiger partial charge in [0.05, 0.1) is 0 Å². The molecule has 19 heavy (non-hydrogen) atoms. The summed E-state index contributed by atoms with van der Waals surface area (Å²) in [5.74, 6) is -1.26. The molecule has 0 unspecified atom stereocenters. The highest BCUT2D eigenvalue weighted by atomic mass is 16.4. The molecule has 1 N–H and O–H groups in total. The molecule has 0 atom stereocenters. The van der Waals surface area contributed by atoms with E-state index >= 15 is 0 Å². The van der Waals surface area contributed by atoms with Crippen LogP contribution in [0.25, 0.3) is 0 Å². The molecule has 4 heteroatoms. The van der Waals surface area contributed by atoms with Crippen LogP contribution in [0, 0.1) is 13.8 Å². The smallest absolute Gasteiger partial charge is 0.329 e. The molecule has 4 nitrogen and oxygen atoms in total. The molecule has 0 aromatic heterocycles. The SMILES string of the molecule is CCN(C(=O)c1cc(C)cc(C)c1)C(C)(C)C(=O)O. The standard InChI is InChI=1S/C15H21NO3/c1-6-16(15(4,5)14(18)19)13(17)12-8-10(2)7-11(3)9-12/h7-9H,6H2,1-5H3,(H,18,19). The molecule has 0 radical (unpaired) electrons. The van der Waals surface area contributed by atoms with E-state index in [0.29, 0.717) is 12.1 Å². The van der Waals surface area contributed by atoms with Crippen molar-refractivity contribution in [1.29, 1.82) is 0 Å². The fourth-order valence-corrected chi connectivity index (χ4v) is 2.16. The molecule has 0 aliphatic carbocycles. The van der Waals surface area contributed by atoms with Gasteiger partial charge in [-0.25, -0.2) is 4.79 Å². The van der Waals surface area contributed by atoms with E-state index in [9.17, 15) is 14.7 Å². The van der Waals surface area contributed by atoms with Crippen LogP contribution in [0.5, 0.6) is 0 Å². The maximum atomic E-state index is 12.5. The third kappa shape index (κ3) is 3.13. The number of hydrogen-bond donors (Lipinski definition) is 1. The number of carboxylic acid groups (broad SMARTS) is 1. The number of carbonyl (C=O) groups is 2. The summed E-state index contributed by atoms with van der Waals surface area (Å²) in [6, 6.07) is 5.56. The number of carbonyl (C=O) groups excluding carboxylic acids is 1. The summed E-state index contributed by atoms with van der Waals surface area (Å²) in [6.45, 7) is 9.06. The summed E-state index contributed by atoms with van der Waals surface area (Å²) in [5.41, 5.74) is 1.30. The van der Waals surface area contributed by atoms with Gasteiger partial charge in [0.15, 0.2) is 0 Å². The van der Waals surface area contributed by atoms with E-state index in [0.717, 1.165) is 11.1 Å². The van der Waals surface area contributed by atoms with Crippen molar-refractivity contribution in [1.82, 2.24) is 4.90 Å². The van der Waals surface area contributed by atoms with Crippen LogP contribution in [-0.4, -0.2) is 34.0 Å². The average molecular weight is 263 g/mol. The molecule has 0 saturated carbocycles. The third-order valence-electron chi connectivity index (χ3n) is 3.23. The molecule has 1 amide bonds. The molecule has 0 aliphatic rings. The van der Waals surface area contributed by atoms with Crippen molar-refractivity contribution in [2.45, 2.75) is 40.2 Å². The number of hydrogen-bond acceptors (Lipinski definition) is 2. The minimum absolute atomic E-state index is 0.248. The van der Waals surface area contributed by atoms with Crippen molar-refractivity contribution in [2.75, 3.05) is 6.54 Å². The Morgan fingerprint density at radius 2 is 1.63 bits per heavy atom. The zero-order chi connectivity index (χ0) is 14.8. The Balaban J connectivity index is 3.19. The van der Waals surface area contributed by atoms with Crippen LogP contribution in [0.3, 0.4) is 0 Å². The second kappa shape index (κ2) is 5.43. The van der Waals surface area contributed by atoms with Crippen LogP contribution in [0.1, 0.15) is 42.3 Å². The summed E-state index contributed by atoms with van der Waals surface area (Å²) in [7, 11) is 0. The van der Waals surface area contributed by atoms with E-state index in [1.54, 1.807) is 32.9 Å². The second-order valence-electron chi connectivity index (χ2n) is 5.29. The van der Waals surface area contributed by atoms with Crippen LogP contribution in [0.2, 0.25) is 0 Å². The fourth-order valence-electron chi connectivity index (χ4n) is 2.16. The van der Waals surface area contributed by atoms with Gasteiger partial charge in [0.1, 0.15) is 5.54 Å². The second-order valence-corrected chi connectivity index (χ2v) is 5.29. The van der Waals surface area contributed by atoms with E-state index in [2.05, 4.69) is 0 Å². The van der Waals surface area contributed by atoms with Crippen molar-refractivity contribution >= 4 is 11.9 Å². The number of likely N-dealkylation sites (N-methyl/N-ethyl adjacent to an activating group) is 1. The van der Waals surface area contributed by atoms with Gasteiger partial charge < -0.3 is 10.0 Å².